The van der Waals surface area contributed by atoms with E-state index in [4.69, 9.17) is 19.4 Å². The monoisotopic (exact) mass is 755 g/mol. The zero-order chi connectivity index (χ0) is 39.3. The first-order chi connectivity index (χ1) is 29.0. The quantitative estimate of drug-likeness (QED) is 0.179. The van der Waals surface area contributed by atoms with Crippen molar-refractivity contribution in [1.82, 2.24) is 15.0 Å². The second kappa shape index (κ2) is 12.5. The molecular formula is C55H37N3O. The minimum Gasteiger partial charge on any atom is -0.456 e. The van der Waals surface area contributed by atoms with Crippen LogP contribution in [-0.4, -0.2) is 15.0 Å². The van der Waals surface area contributed by atoms with E-state index < -0.39 is 5.41 Å². The average molecular weight is 756 g/mol. The van der Waals surface area contributed by atoms with Crippen molar-refractivity contribution >= 4 is 21.9 Å². The van der Waals surface area contributed by atoms with Crippen LogP contribution in [0.4, 0.5) is 0 Å². The number of benzene rings is 8. The van der Waals surface area contributed by atoms with Gasteiger partial charge in [-0.25, -0.2) is 15.0 Å². The van der Waals surface area contributed by atoms with E-state index in [1.54, 1.807) is 0 Å². The third-order valence-electron chi connectivity index (χ3n) is 12.8. The molecule has 0 bridgehead atoms. The van der Waals surface area contributed by atoms with Gasteiger partial charge in [0.05, 0.1) is 5.41 Å². The molecule has 0 aliphatic heterocycles. The number of para-hydroxylation sites is 1. The van der Waals surface area contributed by atoms with Gasteiger partial charge in [0.2, 0.25) is 0 Å². The number of aromatic nitrogens is 3. The molecule has 2 aliphatic rings. The Bertz CT molecular complexity index is 3200. The average Bonchev–Trinajstić information content (AvgIpc) is 3.82. The minimum atomic E-state index is -0.579. The molecule has 0 atom stereocenters. The van der Waals surface area contributed by atoms with Gasteiger partial charge in [-0.2, -0.15) is 0 Å². The lowest BCUT2D eigenvalue weighted by Crippen LogP contribution is -2.40. The van der Waals surface area contributed by atoms with Crippen molar-refractivity contribution in [3.05, 3.63) is 221 Å². The van der Waals surface area contributed by atoms with Crippen molar-refractivity contribution in [2.75, 3.05) is 0 Å². The van der Waals surface area contributed by atoms with E-state index in [2.05, 4.69) is 153 Å². The third-order valence-corrected chi connectivity index (χ3v) is 12.8. The lowest BCUT2D eigenvalue weighted by Gasteiger charge is -2.46. The third kappa shape index (κ3) is 4.80. The van der Waals surface area contributed by atoms with Crippen molar-refractivity contribution in [2.24, 2.45) is 0 Å². The summed E-state index contributed by atoms with van der Waals surface area (Å²) in [4.78, 5) is 15.7. The zero-order valence-electron chi connectivity index (χ0n) is 32.6. The molecule has 0 unspecified atom stereocenters. The molecule has 12 rings (SSSR count). The van der Waals surface area contributed by atoms with Crippen molar-refractivity contribution in [3.8, 4) is 56.4 Å². The predicted molar refractivity (Wildman–Crippen MR) is 238 cm³/mol. The van der Waals surface area contributed by atoms with E-state index in [-0.39, 0.29) is 5.41 Å². The highest BCUT2D eigenvalue weighted by molar-refractivity contribution is 6.06. The van der Waals surface area contributed by atoms with Crippen LogP contribution < -0.4 is 0 Å². The van der Waals surface area contributed by atoms with Crippen LogP contribution in [0.25, 0.3) is 78.4 Å². The summed E-state index contributed by atoms with van der Waals surface area (Å²) >= 11 is 0. The first-order valence-electron chi connectivity index (χ1n) is 20.3. The highest BCUT2D eigenvalue weighted by Crippen LogP contribution is 2.63. The molecule has 0 radical (unpaired) electrons. The molecule has 278 valence electrons. The molecule has 4 heteroatoms. The summed E-state index contributed by atoms with van der Waals surface area (Å²) in [6.45, 7) is 4.73. The lowest BCUT2D eigenvalue weighted by molar-refractivity contribution is 0.563. The summed E-state index contributed by atoms with van der Waals surface area (Å²) in [5.74, 6) is 1.93. The molecule has 2 aliphatic carbocycles. The van der Waals surface area contributed by atoms with Crippen molar-refractivity contribution < 1.29 is 4.42 Å². The lowest BCUT2D eigenvalue weighted by atomic mass is 9.55. The van der Waals surface area contributed by atoms with Gasteiger partial charge in [0.25, 0.3) is 0 Å². The van der Waals surface area contributed by atoms with Crippen LogP contribution in [0, 0.1) is 0 Å². The maximum atomic E-state index is 6.25. The number of hydrogen-bond acceptors (Lipinski definition) is 4. The number of furan rings is 1. The van der Waals surface area contributed by atoms with Crippen LogP contribution in [-0.2, 0) is 10.8 Å². The van der Waals surface area contributed by atoms with Crippen LogP contribution in [0.1, 0.15) is 47.2 Å². The standard InChI is InChI=1S/C55H37N3O/c1-54(2)43-22-10-12-24-45(43)55(46-25-13-11-23-44(46)54)42-30-28-36(37-29-31-49-40(32-37)38-20-9-14-27-48(38)59-49)33-41(42)50-39(21-15-26-47(50)55)53-57-51(34-16-5-3-6-17-34)56-52(58-53)35-18-7-4-8-19-35/h3-33H,1-2H3. The number of fused-ring (bicyclic) bond motifs is 12. The van der Waals surface area contributed by atoms with Gasteiger partial charge in [-0.3, -0.25) is 0 Å². The number of hydrogen-bond donors (Lipinski definition) is 0. The van der Waals surface area contributed by atoms with Gasteiger partial charge in [0, 0.05) is 32.9 Å². The summed E-state index contributed by atoms with van der Waals surface area (Å²) in [6.07, 6.45) is 0. The Morgan fingerprint density at radius 2 is 0.881 bits per heavy atom. The topological polar surface area (TPSA) is 51.8 Å². The fraction of sp³-hybridized carbons (Fsp3) is 0.0727. The van der Waals surface area contributed by atoms with E-state index in [1.807, 2.05) is 48.5 Å². The summed E-state index contributed by atoms with van der Waals surface area (Å²) < 4.78 is 6.25. The molecule has 59 heavy (non-hydrogen) atoms. The van der Waals surface area contributed by atoms with E-state index in [9.17, 15) is 0 Å². The Balaban J connectivity index is 1.18. The molecule has 0 saturated carbocycles. The van der Waals surface area contributed by atoms with Gasteiger partial charge in [-0.05, 0) is 79.9 Å². The molecule has 2 heterocycles. The zero-order valence-corrected chi connectivity index (χ0v) is 32.6. The molecule has 0 amide bonds. The van der Waals surface area contributed by atoms with Gasteiger partial charge in [-0.1, -0.05) is 178 Å². The number of rotatable bonds is 4. The Hall–Kier alpha value is -7.43. The van der Waals surface area contributed by atoms with Crippen LogP contribution in [0.15, 0.2) is 192 Å². The van der Waals surface area contributed by atoms with Crippen molar-refractivity contribution in [3.63, 3.8) is 0 Å². The smallest absolute Gasteiger partial charge is 0.164 e. The second-order valence-corrected chi connectivity index (χ2v) is 16.3. The minimum absolute atomic E-state index is 0.203. The fourth-order valence-electron chi connectivity index (χ4n) is 10.2. The maximum Gasteiger partial charge on any atom is 0.164 e. The van der Waals surface area contributed by atoms with Crippen LogP contribution >= 0.6 is 0 Å². The van der Waals surface area contributed by atoms with E-state index in [1.165, 1.54) is 38.9 Å². The highest BCUT2D eigenvalue weighted by atomic mass is 16.3. The molecule has 10 aromatic rings. The Kier molecular flexibility index (Phi) is 7.16. The molecule has 4 nitrogen and oxygen atoms in total. The highest BCUT2D eigenvalue weighted by Gasteiger charge is 2.53. The SMILES string of the molecule is CC1(C)c2ccccc2C2(c3ccc(-c4ccc5oc6ccccc6c5c4)cc3-c3c(-c4nc(-c5ccccc5)nc(-c5ccccc5)n4)cccc32)c2ccccc21. The molecule has 2 aromatic heterocycles. The van der Waals surface area contributed by atoms with Crippen LogP contribution in [0.2, 0.25) is 0 Å². The molecule has 8 aromatic carbocycles. The Morgan fingerprint density at radius 1 is 0.356 bits per heavy atom. The summed E-state index contributed by atoms with van der Waals surface area (Å²) in [5, 5.41) is 2.23. The van der Waals surface area contributed by atoms with E-state index in [0.717, 1.165) is 55.3 Å². The van der Waals surface area contributed by atoms with Crippen LogP contribution in [0.5, 0.6) is 0 Å². The Morgan fingerprint density at radius 3 is 1.56 bits per heavy atom. The van der Waals surface area contributed by atoms with Crippen molar-refractivity contribution in [2.45, 2.75) is 24.7 Å². The van der Waals surface area contributed by atoms with E-state index in [0.29, 0.717) is 17.5 Å². The summed E-state index contributed by atoms with van der Waals surface area (Å²) in [5.41, 5.74) is 16.2. The maximum absolute atomic E-state index is 6.25. The number of nitrogens with zero attached hydrogens (tertiary/aromatic N) is 3. The first kappa shape index (κ1) is 33.7. The predicted octanol–water partition coefficient (Wildman–Crippen LogP) is 13.4. The van der Waals surface area contributed by atoms with Gasteiger partial charge in [-0.15, -0.1) is 0 Å². The van der Waals surface area contributed by atoms with Gasteiger partial charge >= 0.3 is 0 Å². The van der Waals surface area contributed by atoms with Gasteiger partial charge < -0.3 is 4.42 Å². The summed E-state index contributed by atoms with van der Waals surface area (Å²) in [6, 6.07) is 67.3. The van der Waals surface area contributed by atoms with Gasteiger partial charge in [0.15, 0.2) is 17.5 Å². The molecular weight excluding hydrogens is 719 g/mol. The molecule has 1 spiro atoms. The Labute approximate surface area is 342 Å². The fourth-order valence-corrected chi connectivity index (χ4v) is 10.2. The second-order valence-electron chi connectivity index (χ2n) is 16.3. The molecule has 0 fully saturated rings. The first-order valence-corrected chi connectivity index (χ1v) is 20.3. The van der Waals surface area contributed by atoms with Crippen LogP contribution in [0.3, 0.4) is 0 Å². The molecule has 0 N–H and O–H groups in total. The molecule has 0 saturated heterocycles. The van der Waals surface area contributed by atoms with Gasteiger partial charge in [0.1, 0.15) is 11.2 Å². The summed E-state index contributed by atoms with van der Waals surface area (Å²) in [7, 11) is 0. The largest absolute Gasteiger partial charge is 0.456 e. The normalized spacial score (nSPS) is 14.2. The van der Waals surface area contributed by atoms with E-state index >= 15 is 0 Å². The van der Waals surface area contributed by atoms with Crippen molar-refractivity contribution in [1.29, 1.82) is 0 Å².